The third kappa shape index (κ3) is 2.55. The van der Waals surface area contributed by atoms with Crippen molar-refractivity contribution in [1.82, 2.24) is 0 Å². The normalized spacial score (nSPS) is 23.7. The van der Waals surface area contributed by atoms with E-state index in [9.17, 15) is 0 Å². The van der Waals surface area contributed by atoms with Gasteiger partial charge in [0.25, 0.3) is 7.42 Å². The van der Waals surface area contributed by atoms with Crippen LogP contribution in [0.3, 0.4) is 0 Å². The summed E-state index contributed by atoms with van der Waals surface area (Å²) < 4.78 is 11.9. The summed E-state index contributed by atoms with van der Waals surface area (Å²) in [5.74, 6) is 0.255. The van der Waals surface area contributed by atoms with Gasteiger partial charge in [0.15, 0.2) is 0 Å². The van der Waals surface area contributed by atoms with Gasteiger partial charge in [-0.1, -0.05) is 32.9 Å². The first-order valence-electron chi connectivity index (χ1n) is 5.97. The zero-order valence-electron chi connectivity index (χ0n) is 11.1. The number of rotatable bonds is 1. The van der Waals surface area contributed by atoms with E-state index in [1.807, 2.05) is 25.1 Å². The van der Waals surface area contributed by atoms with E-state index in [0.717, 1.165) is 16.5 Å². The molecule has 0 radical (unpaired) electrons. The molecule has 1 unspecified atom stereocenters. The van der Waals surface area contributed by atoms with Crippen molar-refractivity contribution in [3.05, 3.63) is 23.8 Å². The monoisotopic (exact) mass is 304 g/mol. The topological polar surface area (TPSA) is 18.5 Å². The van der Waals surface area contributed by atoms with Gasteiger partial charge in [-0.15, -0.1) is 22.2 Å². The maximum absolute atomic E-state index is 6.03. The van der Waals surface area contributed by atoms with Gasteiger partial charge in [0.05, 0.1) is 6.61 Å². The van der Waals surface area contributed by atoms with Gasteiger partial charge in [-0.05, 0) is 11.3 Å². The number of hydrogen-bond acceptors (Lipinski definition) is 2. The lowest BCUT2D eigenvalue weighted by molar-refractivity contribution is -0.249. The van der Waals surface area contributed by atoms with E-state index < -0.39 is 13.2 Å². The molecule has 0 aromatic heterocycles. The second-order valence-electron chi connectivity index (χ2n) is 5.75. The fourth-order valence-corrected chi connectivity index (χ4v) is 3.16. The first-order valence-corrected chi connectivity index (χ1v) is 10.0. The van der Waals surface area contributed by atoms with Crippen LogP contribution in [0, 0.1) is 5.41 Å². The molecule has 18 heavy (non-hydrogen) atoms. The Labute approximate surface area is 119 Å². The molecule has 0 bridgehead atoms. The highest BCUT2D eigenvalue weighted by molar-refractivity contribution is 7.39. The van der Waals surface area contributed by atoms with Gasteiger partial charge in [0.1, 0.15) is 5.75 Å². The van der Waals surface area contributed by atoms with Crippen LogP contribution in [-0.2, 0) is 11.3 Å². The van der Waals surface area contributed by atoms with Crippen LogP contribution < -0.4 is 9.92 Å². The molecule has 1 heterocycles. The van der Waals surface area contributed by atoms with Crippen LogP contribution in [0.15, 0.2) is 18.2 Å². The van der Waals surface area contributed by atoms with E-state index in [4.69, 9.17) is 31.6 Å². The second kappa shape index (κ2) is 4.71. The largest absolute Gasteiger partial charge is 0.462 e. The Hall–Kier alpha value is -0.223. The van der Waals surface area contributed by atoms with Crippen LogP contribution in [0.5, 0.6) is 5.75 Å². The zero-order valence-corrected chi connectivity index (χ0v) is 13.8. The van der Waals surface area contributed by atoms with Gasteiger partial charge >= 0.3 is 0 Å². The van der Waals surface area contributed by atoms with E-state index in [0.29, 0.717) is 6.61 Å². The molecule has 1 aliphatic rings. The molecule has 100 valence electrons. The summed E-state index contributed by atoms with van der Waals surface area (Å²) in [5, 5.41) is 1.00. The molecule has 0 saturated heterocycles. The average molecular weight is 305 g/mol. The quantitative estimate of drug-likeness (QED) is 0.586. The molecule has 5 heteroatoms. The summed E-state index contributed by atoms with van der Waals surface area (Å²) in [6.07, 6.45) is 0. The first kappa shape index (κ1) is 14.2. The molecule has 1 atom stereocenters. The number of hydrogen-bond donors (Lipinski definition) is 0. The van der Waals surface area contributed by atoms with Crippen molar-refractivity contribution in [2.75, 3.05) is 0 Å². The van der Waals surface area contributed by atoms with Gasteiger partial charge < -0.3 is 9.47 Å². The van der Waals surface area contributed by atoms with Crippen molar-refractivity contribution in [3.63, 3.8) is 0 Å². The Bertz CT molecular complexity index is 457. The SMILES string of the molecule is CC(C)(C)C1(C)OCc2cc([SiH](Cl)Cl)ccc2O1. The minimum atomic E-state index is -1.81. The lowest BCUT2D eigenvalue weighted by Gasteiger charge is -2.44. The zero-order chi connectivity index (χ0) is 13.6. The highest BCUT2D eigenvalue weighted by Gasteiger charge is 2.43. The van der Waals surface area contributed by atoms with Crippen LogP contribution >= 0.6 is 22.2 Å². The molecule has 2 nitrogen and oxygen atoms in total. The van der Waals surface area contributed by atoms with Gasteiger partial charge in [0.2, 0.25) is 5.79 Å². The van der Waals surface area contributed by atoms with Crippen molar-refractivity contribution in [2.45, 2.75) is 40.1 Å². The van der Waals surface area contributed by atoms with Gasteiger partial charge in [-0.3, -0.25) is 0 Å². The molecule has 0 amide bonds. The number of benzene rings is 1. The van der Waals surface area contributed by atoms with E-state index in [1.54, 1.807) is 0 Å². The van der Waals surface area contributed by atoms with Crippen LogP contribution in [0.25, 0.3) is 0 Å². The smallest absolute Gasteiger partial charge is 0.266 e. The van der Waals surface area contributed by atoms with E-state index >= 15 is 0 Å². The van der Waals surface area contributed by atoms with Crippen molar-refractivity contribution in [1.29, 1.82) is 0 Å². The van der Waals surface area contributed by atoms with Crippen LogP contribution in [0.4, 0.5) is 0 Å². The summed E-state index contributed by atoms with van der Waals surface area (Å²) in [6, 6.07) is 5.89. The summed E-state index contributed by atoms with van der Waals surface area (Å²) in [4.78, 5) is 0. The maximum atomic E-state index is 6.03. The standard InChI is InChI=1S/C13H18Cl2O2Si/c1-12(2,3)13(4)16-8-9-7-10(18(14)15)5-6-11(9)17-13/h5-7,18H,8H2,1-4H3. The molecule has 0 fully saturated rings. The van der Waals surface area contributed by atoms with Crippen LogP contribution in [0.2, 0.25) is 0 Å². The van der Waals surface area contributed by atoms with E-state index in [2.05, 4.69) is 20.8 Å². The summed E-state index contributed by atoms with van der Waals surface area (Å²) in [6.45, 7) is 8.82. The molecule has 2 rings (SSSR count). The highest BCUT2D eigenvalue weighted by Crippen LogP contribution is 2.40. The van der Waals surface area contributed by atoms with Gasteiger partial charge in [-0.25, -0.2) is 0 Å². The number of halogens is 2. The highest BCUT2D eigenvalue weighted by atomic mass is 35.7. The molecule has 0 spiro atoms. The Morgan fingerprint density at radius 3 is 2.50 bits per heavy atom. The molecule has 0 N–H and O–H groups in total. The first-order chi connectivity index (χ1) is 8.23. The second-order valence-corrected chi connectivity index (χ2v) is 10.3. The fourth-order valence-electron chi connectivity index (χ4n) is 1.77. The Morgan fingerprint density at radius 1 is 1.28 bits per heavy atom. The third-order valence-electron chi connectivity index (χ3n) is 3.51. The lowest BCUT2D eigenvalue weighted by atomic mass is 9.86. The molecule has 0 aliphatic carbocycles. The number of ether oxygens (including phenoxy) is 2. The van der Waals surface area contributed by atoms with Crippen molar-refractivity contribution < 1.29 is 9.47 Å². The Kier molecular flexibility index (Phi) is 3.71. The van der Waals surface area contributed by atoms with Crippen molar-refractivity contribution >= 4 is 34.8 Å². The van der Waals surface area contributed by atoms with E-state index in [1.165, 1.54) is 0 Å². The predicted molar refractivity (Wildman–Crippen MR) is 78.2 cm³/mol. The van der Waals surface area contributed by atoms with Gasteiger partial charge in [-0.2, -0.15) is 0 Å². The number of fused-ring (bicyclic) bond motifs is 1. The molecular formula is C13H18Cl2O2Si. The predicted octanol–water partition coefficient (Wildman–Crippen LogP) is 3.26. The third-order valence-corrected chi connectivity index (χ3v) is 5.88. The average Bonchev–Trinajstić information content (AvgIpc) is 2.26. The minimum absolute atomic E-state index is 0.0976. The molecule has 0 saturated carbocycles. The van der Waals surface area contributed by atoms with Crippen molar-refractivity contribution in [2.24, 2.45) is 5.41 Å². The fraction of sp³-hybridized carbons (Fsp3) is 0.538. The Balaban J connectivity index is 2.32. The maximum Gasteiger partial charge on any atom is 0.266 e. The van der Waals surface area contributed by atoms with Crippen molar-refractivity contribution in [3.8, 4) is 5.75 Å². The summed E-state index contributed by atoms with van der Waals surface area (Å²) in [5.41, 5.74) is 0.924. The van der Waals surface area contributed by atoms with E-state index in [-0.39, 0.29) is 5.41 Å². The molecule has 1 aromatic rings. The minimum Gasteiger partial charge on any atom is -0.462 e. The van der Waals surface area contributed by atoms with Crippen LogP contribution in [0.1, 0.15) is 33.3 Å². The molecular weight excluding hydrogens is 287 g/mol. The molecule has 1 aromatic carbocycles. The van der Waals surface area contributed by atoms with Gasteiger partial charge in [0, 0.05) is 17.9 Å². The summed E-state index contributed by atoms with van der Waals surface area (Å²) in [7, 11) is -1.81. The van der Waals surface area contributed by atoms with Crippen LogP contribution in [-0.4, -0.2) is 13.2 Å². The lowest BCUT2D eigenvalue weighted by Crippen LogP contribution is -2.49. The Morgan fingerprint density at radius 2 is 1.94 bits per heavy atom. The molecule has 1 aliphatic heterocycles. The summed E-state index contributed by atoms with van der Waals surface area (Å²) >= 11 is 12.0.